The Labute approximate surface area is 133 Å². The first kappa shape index (κ1) is 16.8. The van der Waals surface area contributed by atoms with Gasteiger partial charge in [0.15, 0.2) is 0 Å². The van der Waals surface area contributed by atoms with Gasteiger partial charge in [-0.3, -0.25) is 0 Å². The maximum atomic E-state index is 12.4. The van der Waals surface area contributed by atoms with Crippen LogP contribution in [0.4, 0.5) is 10.5 Å². The van der Waals surface area contributed by atoms with Crippen LogP contribution in [0.25, 0.3) is 0 Å². The molecule has 22 heavy (non-hydrogen) atoms. The number of benzene rings is 1. The van der Waals surface area contributed by atoms with Crippen LogP contribution in [-0.4, -0.2) is 35.7 Å². The lowest BCUT2D eigenvalue weighted by Gasteiger charge is -2.31. The number of rotatable bonds is 3. The Hall–Kier alpha value is -1.55. The molecule has 0 aliphatic heterocycles. The Bertz CT molecular complexity index is 519. The summed E-state index contributed by atoms with van der Waals surface area (Å²) in [6, 6.07) is 4.05. The number of nitrogens with one attached hydrogen (secondary N) is 1. The fourth-order valence-corrected chi connectivity index (χ4v) is 3.42. The largest absolute Gasteiger partial charge is 0.393 e. The van der Waals surface area contributed by atoms with Crippen molar-refractivity contribution in [2.24, 2.45) is 5.92 Å². The van der Waals surface area contributed by atoms with Crippen LogP contribution in [0.3, 0.4) is 0 Å². The van der Waals surface area contributed by atoms with Gasteiger partial charge in [-0.25, -0.2) is 4.79 Å². The zero-order chi connectivity index (χ0) is 16.3. The number of urea groups is 1. The number of aliphatic hydroxyl groups excluding tert-OH is 1. The van der Waals surface area contributed by atoms with E-state index in [2.05, 4.69) is 24.4 Å². The fourth-order valence-electron chi connectivity index (χ4n) is 3.42. The Morgan fingerprint density at radius 3 is 2.41 bits per heavy atom. The number of carbonyl (C=O) groups excluding carboxylic acids is 1. The molecule has 4 nitrogen and oxygen atoms in total. The third-order valence-electron chi connectivity index (χ3n) is 4.63. The smallest absolute Gasteiger partial charge is 0.321 e. The molecule has 0 aromatic heterocycles. The van der Waals surface area contributed by atoms with Crippen molar-refractivity contribution in [2.45, 2.75) is 52.6 Å². The average Bonchev–Trinajstić information content (AvgIpc) is 2.45. The SMILES string of the molecule is Cc1cc(C)c(NC(=O)N(C)CC2CCCCC2O)c(C)c1. The van der Waals surface area contributed by atoms with Gasteiger partial charge >= 0.3 is 6.03 Å². The van der Waals surface area contributed by atoms with Crippen LogP contribution in [0, 0.1) is 26.7 Å². The molecule has 0 heterocycles. The number of hydrogen-bond donors (Lipinski definition) is 2. The number of nitrogens with zero attached hydrogens (tertiary/aromatic N) is 1. The van der Waals surface area contributed by atoms with Gasteiger partial charge < -0.3 is 15.3 Å². The zero-order valence-electron chi connectivity index (χ0n) is 14.1. The summed E-state index contributed by atoms with van der Waals surface area (Å²) in [6.45, 7) is 6.69. The summed E-state index contributed by atoms with van der Waals surface area (Å²) in [5.74, 6) is 0.199. The Kier molecular flexibility index (Phi) is 5.46. The van der Waals surface area contributed by atoms with Crippen LogP contribution in [0.15, 0.2) is 12.1 Å². The number of carbonyl (C=O) groups is 1. The third-order valence-corrected chi connectivity index (χ3v) is 4.63. The zero-order valence-corrected chi connectivity index (χ0v) is 14.1. The summed E-state index contributed by atoms with van der Waals surface area (Å²) in [6.07, 6.45) is 3.83. The number of hydrogen-bond acceptors (Lipinski definition) is 2. The van der Waals surface area contributed by atoms with E-state index in [9.17, 15) is 9.90 Å². The van der Waals surface area contributed by atoms with E-state index in [-0.39, 0.29) is 18.1 Å². The highest BCUT2D eigenvalue weighted by molar-refractivity contribution is 5.91. The van der Waals surface area contributed by atoms with Crippen molar-refractivity contribution in [3.8, 4) is 0 Å². The highest BCUT2D eigenvalue weighted by atomic mass is 16.3. The molecule has 1 fully saturated rings. The number of aliphatic hydroxyl groups is 1. The van der Waals surface area contributed by atoms with E-state index in [0.29, 0.717) is 6.54 Å². The van der Waals surface area contributed by atoms with Crippen LogP contribution in [-0.2, 0) is 0 Å². The van der Waals surface area contributed by atoms with Crippen molar-refractivity contribution in [3.63, 3.8) is 0 Å². The van der Waals surface area contributed by atoms with Gasteiger partial charge in [-0.05, 0) is 44.7 Å². The molecule has 0 bridgehead atoms. The normalized spacial score (nSPS) is 21.5. The van der Waals surface area contributed by atoms with E-state index in [1.54, 1.807) is 11.9 Å². The highest BCUT2D eigenvalue weighted by Crippen LogP contribution is 2.26. The van der Waals surface area contributed by atoms with Crippen LogP contribution in [0.5, 0.6) is 0 Å². The molecule has 1 aromatic carbocycles. The first-order valence-corrected chi connectivity index (χ1v) is 8.16. The lowest BCUT2D eigenvalue weighted by molar-refractivity contribution is 0.0575. The molecule has 0 saturated heterocycles. The summed E-state index contributed by atoms with van der Waals surface area (Å²) < 4.78 is 0. The van der Waals surface area contributed by atoms with Gasteiger partial charge in [0, 0.05) is 25.2 Å². The predicted molar refractivity (Wildman–Crippen MR) is 90.3 cm³/mol. The second-order valence-corrected chi connectivity index (χ2v) is 6.70. The first-order valence-electron chi connectivity index (χ1n) is 8.16. The summed E-state index contributed by atoms with van der Waals surface area (Å²) in [5.41, 5.74) is 4.26. The predicted octanol–water partition coefficient (Wildman–Crippen LogP) is 3.63. The van der Waals surface area contributed by atoms with E-state index >= 15 is 0 Å². The average molecular weight is 304 g/mol. The molecule has 0 radical (unpaired) electrons. The molecule has 4 heteroatoms. The van der Waals surface area contributed by atoms with Crippen molar-refractivity contribution in [1.82, 2.24) is 4.90 Å². The molecule has 1 saturated carbocycles. The van der Waals surface area contributed by atoms with E-state index < -0.39 is 0 Å². The maximum Gasteiger partial charge on any atom is 0.321 e. The van der Waals surface area contributed by atoms with Crippen LogP contribution in [0.1, 0.15) is 42.4 Å². The second kappa shape index (κ2) is 7.14. The number of aryl methyl sites for hydroxylation is 3. The molecule has 2 atom stereocenters. The van der Waals surface area contributed by atoms with Crippen molar-refractivity contribution in [3.05, 3.63) is 28.8 Å². The van der Waals surface area contributed by atoms with Crippen molar-refractivity contribution >= 4 is 11.7 Å². The van der Waals surface area contributed by atoms with Gasteiger partial charge in [0.25, 0.3) is 0 Å². The summed E-state index contributed by atoms with van der Waals surface area (Å²) in [7, 11) is 1.80. The summed E-state index contributed by atoms with van der Waals surface area (Å²) in [4.78, 5) is 14.1. The Balaban J connectivity index is 1.99. The van der Waals surface area contributed by atoms with E-state index in [4.69, 9.17) is 0 Å². The van der Waals surface area contributed by atoms with Crippen LogP contribution >= 0.6 is 0 Å². The van der Waals surface area contributed by atoms with Crippen molar-refractivity contribution in [1.29, 1.82) is 0 Å². The molecule has 0 spiro atoms. The number of amides is 2. The van der Waals surface area contributed by atoms with Gasteiger partial charge in [-0.1, -0.05) is 30.5 Å². The van der Waals surface area contributed by atoms with Gasteiger partial charge in [-0.15, -0.1) is 0 Å². The topological polar surface area (TPSA) is 52.6 Å². The van der Waals surface area contributed by atoms with Gasteiger partial charge in [0.05, 0.1) is 6.10 Å². The van der Waals surface area contributed by atoms with Gasteiger partial charge in [-0.2, -0.15) is 0 Å². The summed E-state index contributed by atoms with van der Waals surface area (Å²) in [5, 5.41) is 13.1. The molecule has 2 N–H and O–H groups in total. The molecule has 1 aromatic rings. The van der Waals surface area contributed by atoms with Crippen LogP contribution < -0.4 is 5.32 Å². The summed E-state index contributed by atoms with van der Waals surface area (Å²) >= 11 is 0. The van der Waals surface area contributed by atoms with Crippen molar-refractivity contribution < 1.29 is 9.90 Å². The van der Waals surface area contributed by atoms with Crippen molar-refractivity contribution in [2.75, 3.05) is 18.9 Å². The highest BCUT2D eigenvalue weighted by Gasteiger charge is 2.25. The molecule has 1 aliphatic carbocycles. The van der Waals surface area contributed by atoms with Crippen LogP contribution in [0.2, 0.25) is 0 Å². The maximum absolute atomic E-state index is 12.4. The van der Waals surface area contributed by atoms with E-state index in [1.165, 1.54) is 5.56 Å². The third kappa shape index (κ3) is 4.01. The van der Waals surface area contributed by atoms with E-state index in [0.717, 1.165) is 42.5 Å². The fraction of sp³-hybridized carbons (Fsp3) is 0.611. The van der Waals surface area contributed by atoms with Gasteiger partial charge in [0.1, 0.15) is 0 Å². The van der Waals surface area contributed by atoms with Gasteiger partial charge in [0.2, 0.25) is 0 Å². The molecular formula is C18H28N2O2. The lowest BCUT2D eigenvalue weighted by Crippen LogP contribution is -2.40. The minimum atomic E-state index is -0.271. The number of anilines is 1. The lowest BCUT2D eigenvalue weighted by atomic mass is 9.86. The molecule has 2 rings (SSSR count). The molecule has 1 aliphatic rings. The molecular weight excluding hydrogens is 276 g/mol. The monoisotopic (exact) mass is 304 g/mol. The Morgan fingerprint density at radius 2 is 1.82 bits per heavy atom. The molecule has 2 amide bonds. The molecule has 2 unspecified atom stereocenters. The quantitative estimate of drug-likeness (QED) is 0.896. The second-order valence-electron chi connectivity index (χ2n) is 6.70. The minimum absolute atomic E-state index is 0.104. The van der Waals surface area contributed by atoms with E-state index in [1.807, 2.05) is 13.8 Å². The standard InChI is InChI=1S/C18H28N2O2/c1-12-9-13(2)17(14(3)10-12)19-18(22)20(4)11-15-7-5-6-8-16(15)21/h9-10,15-16,21H,5-8,11H2,1-4H3,(H,19,22). The molecule has 122 valence electrons. The Morgan fingerprint density at radius 1 is 1.23 bits per heavy atom. The first-order chi connectivity index (χ1) is 10.4. The minimum Gasteiger partial charge on any atom is -0.393 e.